The zero-order chi connectivity index (χ0) is 24.3. The molecule has 1 N–H and O–H groups in total. The van der Waals surface area contributed by atoms with Crippen LogP contribution >= 0.6 is 0 Å². The molecule has 1 atom stereocenters. The maximum atomic E-state index is 12.5. The maximum absolute atomic E-state index is 12.5. The fourth-order valence-corrected chi connectivity index (χ4v) is 5.07. The molecule has 0 saturated heterocycles. The molecule has 0 aliphatic carbocycles. The average Bonchev–Trinajstić information content (AvgIpc) is 2.90. The molecule has 2 nitrogen and oxygen atoms in total. The predicted molar refractivity (Wildman–Crippen MR) is 148 cm³/mol. The van der Waals surface area contributed by atoms with Gasteiger partial charge in [0.25, 0.3) is 0 Å². The first kappa shape index (κ1) is 23.0. The molecular formula is C33H31NO. The normalized spacial score (nSPS) is 13.1. The van der Waals surface area contributed by atoms with Crippen molar-refractivity contribution in [1.29, 1.82) is 0 Å². The van der Waals surface area contributed by atoms with Crippen LogP contribution in [0.25, 0.3) is 21.5 Å². The van der Waals surface area contributed by atoms with E-state index in [0.717, 1.165) is 23.1 Å². The second kappa shape index (κ2) is 9.85. The molecule has 0 saturated carbocycles. The lowest BCUT2D eigenvalue weighted by molar-refractivity contribution is 0.0454. The topological polar surface area (TPSA) is 32.6 Å². The largest absolute Gasteiger partial charge is 0.378 e. The highest BCUT2D eigenvalue weighted by molar-refractivity contribution is 6.13. The summed E-state index contributed by atoms with van der Waals surface area (Å²) in [6.07, 6.45) is 2.74. The molecule has 0 heterocycles. The Balaban J connectivity index is 1.71. The van der Waals surface area contributed by atoms with Gasteiger partial charge in [-0.15, -0.1) is 0 Å². The lowest BCUT2D eigenvalue weighted by atomic mass is 9.77. The Bertz CT molecular complexity index is 1360. The van der Waals surface area contributed by atoms with Crippen LogP contribution in [-0.2, 0) is 5.60 Å². The Morgan fingerprint density at radius 3 is 1.63 bits per heavy atom. The number of hydrogen-bond acceptors (Lipinski definition) is 2. The first-order valence-corrected chi connectivity index (χ1v) is 12.3. The van der Waals surface area contributed by atoms with Crippen molar-refractivity contribution in [3.05, 3.63) is 132 Å². The molecule has 5 aromatic carbocycles. The summed E-state index contributed by atoms with van der Waals surface area (Å²) in [5, 5.41) is 17.2. The average molecular weight is 458 g/mol. The standard InChI is InChI=1S/C33H31NO/c1-24(2)21-32(33(35,27-15-5-3-6-16-27)28-17-7-4-8-18-28)34-23-31-29-19-11-9-13-25(29)22-26-14-10-12-20-30(26)31/h3-20,22-24,32,35H,21H2,1-2H3/t32-/m0/s1. The van der Waals surface area contributed by atoms with E-state index in [4.69, 9.17) is 4.99 Å². The molecule has 0 amide bonds. The van der Waals surface area contributed by atoms with E-state index in [9.17, 15) is 5.11 Å². The van der Waals surface area contributed by atoms with Gasteiger partial charge in [-0.25, -0.2) is 0 Å². The van der Waals surface area contributed by atoms with Crippen molar-refractivity contribution in [3.8, 4) is 0 Å². The number of rotatable bonds is 7. The van der Waals surface area contributed by atoms with E-state index < -0.39 is 5.60 Å². The van der Waals surface area contributed by atoms with Gasteiger partial charge < -0.3 is 5.11 Å². The van der Waals surface area contributed by atoms with E-state index in [1.165, 1.54) is 21.5 Å². The van der Waals surface area contributed by atoms with Crippen molar-refractivity contribution in [2.24, 2.45) is 10.9 Å². The second-order valence-corrected chi connectivity index (χ2v) is 9.65. The third-order valence-corrected chi connectivity index (χ3v) is 6.80. The van der Waals surface area contributed by atoms with Crippen LogP contribution in [0, 0.1) is 5.92 Å². The molecule has 0 unspecified atom stereocenters. The van der Waals surface area contributed by atoms with E-state index in [1.807, 2.05) is 66.9 Å². The minimum atomic E-state index is -1.25. The number of benzene rings is 5. The second-order valence-electron chi connectivity index (χ2n) is 9.65. The van der Waals surface area contributed by atoms with E-state index in [2.05, 4.69) is 68.4 Å². The van der Waals surface area contributed by atoms with Gasteiger partial charge in [0.1, 0.15) is 5.60 Å². The summed E-state index contributed by atoms with van der Waals surface area (Å²) in [6, 6.07) is 38.7. The Morgan fingerprint density at radius 1 is 0.686 bits per heavy atom. The molecule has 0 bridgehead atoms. The van der Waals surface area contributed by atoms with Gasteiger partial charge in [0.05, 0.1) is 6.04 Å². The summed E-state index contributed by atoms with van der Waals surface area (Å²) in [5.74, 6) is 0.361. The monoisotopic (exact) mass is 457 g/mol. The molecule has 35 heavy (non-hydrogen) atoms. The summed E-state index contributed by atoms with van der Waals surface area (Å²) in [6.45, 7) is 4.37. The van der Waals surface area contributed by atoms with Crippen LogP contribution in [0.5, 0.6) is 0 Å². The SMILES string of the molecule is CC(C)C[C@H](N=Cc1c2ccccc2cc2ccccc12)C(O)(c1ccccc1)c1ccccc1. The highest BCUT2D eigenvalue weighted by Gasteiger charge is 2.40. The fourth-order valence-electron chi connectivity index (χ4n) is 5.07. The molecule has 2 heteroatoms. The third kappa shape index (κ3) is 4.50. The smallest absolute Gasteiger partial charge is 0.137 e. The Labute approximate surface area is 207 Å². The minimum absolute atomic E-state index is 0.356. The molecule has 0 aliphatic heterocycles. The molecule has 0 spiro atoms. The lowest BCUT2D eigenvalue weighted by Gasteiger charge is -2.36. The van der Waals surface area contributed by atoms with E-state index >= 15 is 0 Å². The summed E-state index contributed by atoms with van der Waals surface area (Å²) < 4.78 is 0. The lowest BCUT2D eigenvalue weighted by Crippen LogP contribution is -2.40. The van der Waals surface area contributed by atoms with Crippen LogP contribution in [-0.4, -0.2) is 17.4 Å². The molecule has 5 aromatic rings. The minimum Gasteiger partial charge on any atom is -0.378 e. The summed E-state index contributed by atoms with van der Waals surface area (Å²) in [5.41, 5.74) is 1.56. The first-order chi connectivity index (χ1) is 17.1. The quantitative estimate of drug-likeness (QED) is 0.197. The van der Waals surface area contributed by atoms with Crippen LogP contribution in [0.2, 0.25) is 0 Å². The fraction of sp³-hybridized carbons (Fsp3) is 0.182. The summed E-state index contributed by atoms with van der Waals surface area (Å²) in [7, 11) is 0. The zero-order valence-corrected chi connectivity index (χ0v) is 20.3. The van der Waals surface area contributed by atoms with Crippen LogP contribution in [0.1, 0.15) is 37.0 Å². The van der Waals surface area contributed by atoms with Gasteiger partial charge >= 0.3 is 0 Å². The Morgan fingerprint density at radius 2 is 1.14 bits per heavy atom. The molecule has 0 radical (unpaired) electrons. The third-order valence-electron chi connectivity index (χ3n) is 6.80. The number of fused-ring (bicyclic) bond motifs is 2. The van der Waals surface area contributed by atoms with Crippen LogP contribution in [0.4, 0.5) is 0 Å². The zero-order valence-electron chi connectivity index (χ0n) is 20.3. The summed E-state index contributed by atoms with van der Waals surface area (Å²) in [4.78, 5) is 5.18. The van der Waals surface area contributed by atoms with Crippen molar-refractivity contribution in [1.82, 2.24) is 0 Å². The number of aliphatic imine (C=N–C) groups is 1. The van der Waals surface area contributed by atoms with Crippen molar-refractivity contribution >= 4 is 27.8 Å². The molecule has 174 valence electrons. The van der Waals surface area contributed by atoms with Crippen molar-refractivity contribution in [2.45, 2.75) is 31.9 Å². The molecule has 0 fully saturated rings. The van der Waals surface area contributed by atoms with Gasteiger partial charge in [0.15, 0.2) is 0 Å². The van der Waals surface area contributed by atoms with Gasteiger partial charge in [0.2, 0.25) is 0 Å². The number of hydrogen-bond donors (Lipinski definition) is 1. The van der Waals surface area contributed by atoms with E-state index in [1.54, 1.807) is 0 Å². The van der Waals surface area contributed by atoms with E-state index in [0.29, 0.717) is 5.92 Å². The number of aliphatic hydroxyl groups is 1. The van der Waals surface area contributed by atoms with Gasteiger partial charge in [-0.3, -0.25) is 4.99 Å². The van der Waals surface area contributed by atoms with Crippen LogP contribution in [0.15, 0.2) is 120 Å². The van der Waals surface area contributed by atoms with Gasteiger partial charge in [0, 0.05) is 11.8 Å². The predicted octanol–water partition coefficient (Wildman–Crippen LogP) is 7.76. The maximum Gasteiger partial charge on any atom is 0.137 e. The van der Waals surface area contributed by atoms with Crippen molar-refractivity contribution < 1.29 is 5.11 Å². The highest BCUT2D eigenvalue weighted by atomic mass is 16.3. The molecule has 0 aromatic heterocycles. The molecule has 0 aliphatic rings. The molecular weight excluding hydrogens is 426 g/mol. The Kier molecular flexibility index (Phi) is 6.48. The van der Waals surface area contributed by atoms with Crippen LogP contribution < -0.4 is 0 Å². The Hall–Kier alpha value is -3.75. The van der Waals surface area contributed by atoms with Gasteiger partial charge in [-0.05, 0) is 51.1 Å². The van der Waals surface area contributed by atoms with E-state index in [-0.39, 0.29) is 6.04 Å². The first-order valence-electron chi connectivity index (χ1n) is 12.3. The number of nitrogens with zero attached hydrogens (tertiary/aromatic N) is 1. The summed E-state index contributed by atoms with van der Waals surface area (Å²) >= 11 is 0. The van der Waals surface area contributed by atoms with Crippen LogP contribution in [0.3, 0.4) is 0 Å². The molecule has 5 rings (SSSR count). The van der Waals surface area contributed by atoms with Gasteiger partial charge in [-0.2, -0.15) is 0 Å². The highest BCUT2D eigenvalue weighted by Crippen LogP contribution is 2.38. The van der Waals surface area contributed by atoms with Crippen molar-refractivity contribution in [3.63, 3.8) is 0 Å². The van der Waals surface area contributed by atoms with Crippen molar-refractivity contribution in [2.75, 3.05) is 0 Å². The van der Waals surface area contributed by atoms with Gasteiger partial charge in [-0.1, -0.05) is 123 Å².